The van der Waals surface area contributed by atoms with Crippen LogP contribution in [0.1, 0.15) is 0 Å². The monoisotopic (exact) mass is 795 g/mol. The molecule has 11 rings (SSSR count). The summed E-state index contributed by atoms with van der Waals surface area (Å²) in [6.45, 7) is 0. The maximum atomic E-state index is 5.19. The van der Waals surface area contributed by atoms with Crippen molar-refractivity contribution < 1.29 is 0 Å². The summed E-state index contributed by atoms with van der Waals surface area (Å²) in [4.78, 5) is 15.5. The molecule has 0 aliphatic heterocycles. The third-order valence-electron chi connectivity index (χ3n) is 11.4. The van der Waals surface area contributed by atoms with Crippen molar-refractivity contribution in [3.63, 3.8) is 0 Å². The Kier molecular flexibility index (Phi) is 9.38. The Morgan fingerprint density at radius 2 is 0.590 bits per heavy atom. The number of hydrogen-bond donors (Lipinski definition) is 0. The lowest BCUT2D eigenvalue weighted by atomic mass is 9.97. The van der Waals surface area contributed by atoms with E-state index in [4.69, 9.17) is 15.0 Å². The second-order valence-electron chi connectivity index (χ2n) is 15.2. The summed E-state index contributed by atoms with van der Waals surface area (Å²) in [5.74, 6) is 1.89. The number of fused-ring (bicyclic) bond motifs is 3. The van der Waals surface area contributed by atoms with Crippen LogP contribution in [0.4, 0.5) is 0 Å². The summed E-state index contributed by atoms with van der Waals surface area (Å²) in [6.07, 6.45) is 0. The van der Waals surface area contributed by atoms with Gasteiger partial charge >= 0.3 is 0 Å². The lowest BCUT2D eigenvalue weighted by Gasteiger charge is -2.14. The molecule has 9 aromatic carbocycles. The van der Waals surface area contributed by atoms with Crippen molar-refractivity contribution in [3.8, 4) is 89.8 Å². The quantitative estimate of drug-likeness (QED) is 0.154. The van der Waals surface area contributed by atoms with E-state index in [0.29, 0.717) is 17.5 Å². The molecule has 0 atom stereocenters. The third kappa shape index (κ3) is 7.09. The molecule has 4 heteroatoms. The number of aromatic nitrogens is 3. The van der Waals surface area contributed by atoms with Crippen molar-refractivity contribution in [3.05, 3.63) is 224 Å². The van der Waals surface area contributed by atoms with E-state index in [-0.39, 0.29) is 0 Å². The minimum absolute atomic E-state index is 0.625. The van der Waals surface area contributed by atoms with Gasteiger partial charge in [-0.25, -0.2) is 15.0 Å². The molecule has 3 nitrogen and oxygen atoms in total. The van der Waals surface area contributed by atoms with Gasteiger partial charge in [-0.3, -0.25) is 0 Å². The molecule has 61 heavy (non-hydrogen) atoms. The Bertz CT molecular complexity index is 3220. The number of thiophene rings is 1. The van der Waals surface area contributed by atoms with Gasteiger partial charge in [-0.15, -0.1) is 11.3 Å². The van der Waals surface area contributed by atoms with Gasteiger partial charge in [0.05, 0.1) is 0 Å². The SMILES string of the molecule is c1ccc(-c2ccccc2-c2nc(-c3ccc(-c4ccc(-c5ccc(-c6ccc7sc8ccccc8c7c6)cc5)cc4)cc3)nc(-c3ccccc3-c3ccccc3)n2)cc1. The Morgan fingerprint density at radius 1 is 0.230 bits per heavy atom. The summed E-state index contributed by atoms with van der Waals surface area (Å²) >= 11 is 1.85. The van der Waals surface area contributed by atoms with Crippen molar-refractivity contribution in [1.29, 1.82) is 0 Å². The molecule has 0 radical (unpaired) electrons. The zero-order chi connectivity index (χ0) is 40.5. The van der Waals surface area contributed by atoms with Crippen LogP contribution in [-0.2, 0) is 0 Å². The average molecular weight is 796 g/mol. The second kappa shape index (κ2) is 15.8. The topological polar surface area (TPSA) is 38.7 Å². The first-order valence-electron chi connectivity index (χ1n) is 20.5. The predicted molar refractivity (Wildman–Crippen MR) is 256 cm³/mol. The number of nitrogens with zero attached hydrogens (tertiary/aromatic N) is 3. The molecule has 0 aliphatic carbocycles. The van der Waals surface area contributed by atoms with E-state index < -0.39 is 0 Å². The van der Waals surface area contributed by atoms with Crippen LogP contribution in [0.2, 0.25) is 0 Å². The molecule has 0 aliphatic rings. The molecule has 0 amide bonds. The molecule has 286 valence electrons. The van der Waals surface area contributed by atoms with E-state index in [9.17, 15) is 0 Å². The zero-order valence-electron chi connectivity index (χ0n) is 33.1. The minimum Gasteiger partial charge on any atom is -0.208 e. The van der Waals surface area contributed by atoms with Gasteiger partial charge in [0.2, 0.25) is 0 Å². The van der Waals surface area contributed by atoms with Crippen LogP contribution >= 0.6 is 11.3 Å². The Labute approximate surface area is 359 Å². The molecule has 0 saturated carbocycles. The van der Waals surface area contributed by atoms with E-state index in [2.05, 4.69) is 200 Å². The van der Waals surface area contributed by atoms with Gasteiger partial charge in [0.15, 0.2) is 17.5 Å². The van der Waals surface area contributed by atoms with Crippen LogP contribution < -0.4 is 0 Å². The summed E-state index contributed by atoms with van der Waals surface area (Å²) in [5, 5.41) is 2.65. The number of benzene rings is 9. The molecule has 2 aromatic heterocycles. The highest BCUT2D eigenvalue weighted by Crippen LogP contribution is 2.38. The molecule has 0 spiro atoms. The van der Waals surface area contributed by atoms with Gasteiger partial charge in [-0.05, 0) is 73.8 Å². The molecule has 11 aromatic rings. The normalized spacial score (nSPS) is 11.3. The van der Waals surface area contributed by atoms with E-state index in [0.717, 1.165) is 50.1 Å². The second-order valence-corrected chi connectivity index (χ2v) is 16.3. The molecule has 0 saturated heterocycles. The summed E-state index contributed by atoms with van der Waals surface area (Å²) in [7, 11) is 0. The van der Waals surface area contributed by atoms with E-state index in [1.165, 1.54) is 42.4 Å². The van der Waals surface area contributed by atoms with E-state index in [1.54, 1.807) is 0 Å². The first kappa shape index (κ1) is 36.3. The van der Waals surface area contributed by atoms with Crippen molar-refractivity contribution >= 4 is 31.5 Å². The zero-order valence-corrected chi connectivity index (χ0v) is 33.9. The first-order chi connectivity index (χ1) is 30.2. The van der Waals surface area contributed by atoms with Gasteiger partial charge < -0.3 is 0 Å². The number of hydrogen-bond acceptors (Lipinski definition) is 4. The molecule has 0 N–H and O–H groups in total. The summed E-state index contributed by atoms with van der Waals surface area (Å²) in [5.41, 5.74) is 14.3. The van der Waals surface area contributed by atoms with E-state index in [1.807, 2.05) is 35.6 Å². The fraction of sp³-hybridized carbons (Fsp3) is 0. The third-order valence-corrected chi connectivity index (χ3v) is 12.6. The Balaban J connectivity index is 0.905. The largest absolute Gasteiger partial charge is 0.208 e. The van der Waals surface area contributed by atoms with Crippen LogP contribution in [0.25, 0.3) is 110 Å². The fourth-order valence-electron chi connectivity index (χ4n) is 8.27. The van der Waals surface area contributed by atoms with Crippen molar-refractivity contribution in [2.75, 3.05) is 0 Å². The van der Waals surface area contributed by atoms with Crippen molar-refractivity contribution in [2.45, 2.75) is 0 Å². The highest BCUT2D eigenvalue weighted by atomic mass is 32.1. The molecule has 0 fully saturated rings. The molecular formula is C57H37N3S. The van der Waals surface area contributed by atoms with Crippen LogP contribution in [0.3, 0.4) is 0 Å². The first-order valence-corrected chi connectivity index (χ1v) is 21.3. The maximum Gasteiger partial charge on any atom is 0.164 e. The molecule has 0 unspecified atom stereocenters. The highest BCUT2D eigenvalue weighted by Gasteiger charge is 2.18. The smallest absolute Gasteiger partial charge is 0.164 e. The van der Waals surface area contributed by atoms with Crippen LogP contribution in [0, 0.1) is 0 Å². The fourth-order valence-corrected chi connectivity index (χ4v) is 9.36. The highest BCUT2D eigenvalue weighted by molar-refractivity contribution is 7.25. The minimum atomic E-state index is 0.625. The standard InChI is InChI=1S/C57H37N3S/c1-3-13-43(14-4-1)47-17-7-9-20-50(47)56-58-55(59-57(60-56)51-21-10-8-18-48(51)44-15-5-2-6-16-44)45-33-31-41(32-34-45)39-25-23-38(24-26-39)40-27-29-42(30-28-40)46-35-36-54-52(37-46)49-19-11-12-22-53(49)61-54/h1-37H. The van der Waals surface area contributed by atoms with Gasteiger partial charge in [0, 0.05) is 36.9 Å². The maximum absolute atomic E-state index is 5.19. The van der Waals surface area contributed by atoms with Gasteiger partial charge in [0.1, 0.15) is 0 Å². The lowest BCUT2D eigenvalue weighted by molar-refractivity contribution is 1.07. The summed E-state index contributed by atoms with van der Waals surface area (Å²) < 4.78 is 2.66. The Hall–Kier alpha value is -7.79. The van der Waals surface area contributed by atoms with Gasteiger partial charge in [-0.2, -0.15) is 0 Å². The molecule has 0 bridgehead atoms. The Morgan fingerprint density at radius 3 is 1.10 bits per heavy atom. The predicted octanol–water partition coefficient (Wildman–Crippen LogP) is 15.6. The average Bonchev–Trinajstić information content (AvgIpc) is 3.73. The van der Waals surface area contributed by atoms with E-state index >= 15 is 0 Å². The lowest BCUT2D eigenvalue weighted by Crippen LogP contribution is -2.02. The summed E-state index contributed by atoms with van der Waals surface area (Å²) in [6, 6.07) is 79.3. The van der Waals surface area contributed by atoms with Gasteiger partial charge in [0.25, 0.3) is 0 Å². The van der Waals surface area contributed by atoms with Crippen molar-refractivity contribution in [1.82, 2.24) is 15.0 Å². The molecule has 2 heterocycles. The van der Waals surface area contributed by atoms with Crippen LogP contribution in [0.15, 0.2) is 224 Å². The van der Waals surface area contributed by atoms with Crippen LogP contribution in [0.5, 0.6) is 0 Å². The van der Waals surface area contributed by atoms with Crippen molar-refractivity contribution in [2.24, 2.45) is 0 Å². The number of rotatable bonds is 8. The van der Waals surface area contributed by atoms with Crippen LogP contribution in [-0.4, -0.2) is 15.0 Å². The van der Waals surface area contributed by atoms with Gasteiger partial charge in [-0.1, -0.05) is 206 Å². The molecular weight excluding hydrogens is 759 g/mol.